The molecule has 1 saturated carbocycles. The highest BCUT2D eigenvalue weighted by atomic mass is 32.2. The summed E-state index contributed by atoms with van der Waals surface area (Å²) in [5.74, 6) is 0. The maximum Gasteiger partial charge on any atom is 0.215 e. The molecule has 1 aliphatic carbocycles. The first kappa shape index (κ1) is 15.3. The molecule has 0 aromatic rings. The molecule has 0 bridgehead atoms. The lowest BCUT2D eigenvalue weighted by Gasteiger charge is -2.23. The molecule has 4 nitrogen and oxygen atoms in total. The van der Waals surface area contributed by atoms with Crippen LogP contribution in [0.5, 0.6) is 0 Å². The van der Waals surface area contributed by atoms with Gasteiger partial charge in [0.2, 0.25) is 10.0 Å². The molecule has 1 rings (SSSR count). The lowest BCUT2D eigenvalue weighted by Crippen LogP contribution is -2.43. The standard InChI is InChI=1S/C11H24N2O2S2/c1-9(7-12-10-5-6-10)17(14,15)13-8-11(2,3)16-4/h9-10,12-13H,5-8H2,1-4H3. The number of rotatable bonds is 8. The average molecular weight is 280 g/mol. The SMILES string of the molecule is CSC(C)(C)CNS(=O)(=O)C(C)CNC1CC1. The van der Waals surface area contributed by atoms with Crippen molar-refractivity contribution in [1.29, 1.82) is 0 Å². The second kappa shape index (κ2) is 5.91. The van der Waals surface area contributed by atoms with E-state index in [0.717, 1.165) is 0 Å². The van der Waals surface area contributed by atoms with Crippen LogP contribution in [-0.2, 0) is 10.0 Å². The zero-order valence-electron chi connectivity index (χ0n) is 11.1. The summed E-state index contributed by atoms with van der Waals surface area (Å²) in [7, 11) is -3.20. The average Bonchev–Trinajstić information content (AvgIpc) is 3.07. The molecule has 0 spiro atoms. The van der Waals surface area contributed by atoms with Gasteiger partial charge in [0.15, 0.2) is 0 Å². The Morgan fingerprint density at radius 1 is 1.41 bits per heavy atom. The minimum absolute atomic E-state index is 0.0588. The zero-order valence-corrected chi connectivity index (χ0v) is 12.7. The van der Waals surface area contributed by atoms with Gasteiger partial charge in [-0.2, -0.15) is 11.8 Å². The summed E-state index contributed by atoms with van der Waals surface area (Å²) in [6.07, 6.45) is 4.35. The lowest BCUT2D eigenvalue weighted by atomic mass is 10.2. The molecule has 0 saturated heterocycles. The molecule has 0 aromatic heterocycles. The van der Waals surface area contributed by atoms with Gasteiger partial charge in [-0.1, -0.05) is 0 Å². The van der Waals surface area contributed by atoms with Crippen molar-refractivity contribution in [1.82, 2.24) is 10.0 Å². The van der Waals surface area contributed by atoms with Crippen LogP contribution in [0.3, 0.4) is 0 Å². The molecule has 1 unspecified atom stereocenters. The van der Waals surface area contributed by atoms with Gasteiger partial charge < -0.3 is 5.32 Å². The third-order valence-electron chi connectivity index (χ3n) is 3.05. The van der Waals surface area contributed by atoms with Gasteiger partial charge in [0.25, 0.3) is 0 Å². The Hall–Kier alpha value is 0.220. The van der Waals surface area contributed by atoms with Gasteiger partial charge in [-0.05, 0) is 39.9 Å². The summed E-state index contributed by atoms with van der Waals surface area (Å²) < 4.78 is 26.6. The van der Waals surface area contributed by atoms with E-state index in [9.17, 15) is 8.42 Å². The van der Waals surface area contributed by atoms with Crippen molar-refractivity contribution < 1.29 is 8.42 Å². The molecule has 102 valence electrons. The summed E-state index contributed by atoms with van der Waals surface area (Å²) in [5, 5.41) is 2.87. The molecule has 1 aliphatic rings. The second-order valence-corrected chi connectivity index (χ2v) is 9.02. The Labute approximate surface area is 109 Å². The molecule has 1 fully saturated rings. The minimum Gasteiger partial charge on any atom is -0.313 e. The Kier molecular flexibility index (Phi) is 5.31. The maximum atomic E-state index is 12.0. The van der Waals surface area contributed by atoms with Crippen molar-refractivity contribution in [3.8, 4) is 0 Å². The van der Waals surface area contributed by atoms with Crippen LogP contribution >= 0.6 is 11.8 Å². The first-order valence-corrected chi connectivity index (χ1v) is 8.81. The van der Waals surface area contributed by atoms with Crippen LogP contribution in [0.1, 0.15) is 33.6 Å². The molecule has 6 heteroatoms. The van der Waals surface area contributed by atoms with Gasteiger partial charge in [-0.3, -0.25) is 0 Å². The zero-order chi connectivity index (χ0) is 13.1. The van der Waals surface area contributed by atoms with Crippen molar-refractivity contribution in [3.05, 3.63) is 0 Å². The number of hydrogen-bond acceptors (Lipinski definition) is 4. The third kappa shape index (κ3) is 5.59. The fraction of sp³-hybridized carbons (Fsp3) is 1.00. The van der Waals surface area contributed by atoms with Crippen LogP contribution in [0.15, 0.2) is 0 Å². The largest absolute Gasteiger partial charge is 0.313 e. The molecule has 0 aromatic carbocycles. The number of thioether (sulfide) groups is 1. The molecule has 2 N–H and O–H groups in total. The Bertz CT molecular complexity index is 337. The van der Waals surface area contributed by atoms with Crippen molar-refractivity contribution in [2.45, 2.75) is 49.7 Å². The van der Waals surface area contributed by atoms with E-state index in [0.29, 0.717) is 19.1 Å². The summed E-state index contributed by atoms with van der Waals surface area (Å²) in [5.41, 5.74) is 0. The second-order valence-electron chi connectivity index (χ2n) is 5.32. The van der Waals surface area contributed by atoms with E-state index >= 15 is 0 Å². The van der Waals surface area contributed by atoms with Gasteiger partial charge in [0.05, 0.1) is 5.25 Å². The highest BCUT2D eigenvalue weighted by Gasteiger charge is 2.27. The number of sulfonamides is 1. The smallest absolute Gasteiger partial charge is 0.215 e. The van der Waals surface area contributed by atoms with Crippen molar-refractivity contribution in [2.75, 3.05) is 19.3 Å². The van der Waals surface area contributed by atoms with Crippen LogP contribution in [0.4, 0.5) is 0 Å². The Balaban J connectivity index is 2.37. The van der Waals surface area contributed by atoms with Crippen LogP contribution in [0.2, 0.25) is 0 Å². The molecule has 17 heavy (non-hydrogen) atoms. The number of hydrogen-bond donors (Lipinski definition) is 2. The highest BCUT2D eigenvalue weighted by Crippen LogP contribution is 2.21. The molecule has 0 amide bonds. The van der Waals surface area contributed by atoms with E-state index in [1.807, 2.05) is 20.1 Å². The minimum atomic E-state index is -3.20. The molecule has 1 atom stereocenters. The third-order valence-corrected chi connectivity index (χ3v) is 6.08. The van der Waals surface area contributed by atoms with E-state index in [-0.39, 0.29) is 10.00 Å². The van der Waals surface area contributed by atoms with Crippen LogP contribution < -0.4 is 10.0 Å². The fourth-order valence-corrected chi connectivity index (χ4v) is 2.69. The molecule has 0 radical (unpaired) electrons. The molecular weight excluding hydrogens is 256 g/mol. The molecule has 0 heterocycles. The van der Waals surface area contributed by atoms with Crippen LogP contribution in [0, 0.1) is 0 Å². The quantitative estimate of drug-likeness (QED) is 0.701. The normalized spacial score (nSPS) is 19.3. The van der Waals surface area contributed by atoms with E-state index in [4.69, 9.17) is 0 Å². The van der Waals surface area contributed by atoms with Crippen molar-refractivity contribution >= 4 is 21.8 Å². The summed E-state index contributed by atoms with van der Waals surface area (Å²) in [6.45, 7) is 6.84. The fourth-order valence-electron chi connectivity index (χ4n) is 1.22. The van der Waals surface area contributed by atoms with Gasteiger partial charge in [-0.25, -0.2) is 13.1 Å². The number of nitrogens with one attached hydrogen (secondary N) is 2. The Morgan fingerprint density at radius 2 is 2.00 bits per heavy atom. The van der Waals surface area contributed by atoms with E-state index in [1.165, 1.54) is 12.8 Å². The van der Waals surface area contributed by atoms with Crippen LogP contribution in [-0.4, -0.2) is 43.8 Å². The topological polar surface area (TPSA) is 58.2 Å². The van der Waals surface area contributed by atoms with Gasteiger partial charge in [0, 0.05) is 23.9 Å². The van der Waals surface area contributed by atoms with Gasteiger partial charge in [0.1, 0.15) is 0 Å². The first-order chi connectivity index (χ1) is 7.77. The van der Waals surface area contributed by atoms with Gasteiger partial charge in [-0.15, -0.1) is 0 Å². The summed E-state index contributed by atoms with van der Waals surface area (Å²) in [4.78, 5) is 0. The predicted molar refractivity (Wildman–Crippen MR) is 75.0 cm³/mol. The van der Waals surface area contributed by atoms with Crippen LogP contribution in [0.25, 0.3) is 0 Å². The van der Waals surface area contributed by atoms with E-state index < -0.39 is 10.0 Å². The molecule has 0 aliphatic heterocycles. The monoisotopic (exact) mass is 280 g/mol. The summed E-state index contributed by atoms with van der Waals surface area (Å²) in [6, 6.07) is 0.551. The first-order valence-electron chi connectivity index (χ1n) is 6.04. The summed E-state index contributed by atoms with van der Waals surface area (Å²) >= 11 is 1.67. The van der Waals surface area contributed by atoms with E-state index in [1.54, 1.807) is 18.7 Å². The van der Waals surface area contributed by atoms with Gasteiger partial charge >= 0.3 is 0 Å². The predicted octanol–water partition coefficient (Wildman–Crippen LogP) is 1.19. The lowest BCUT2D eigenvalue weighted by molar-refractivity contribution is 0.549. The van der Waals surface area contributed by atoms with E-state index in [2.05, 4.69) is 10.0 Å². The molecular formula is C11H24N2O2S2. The highest BCUT2D eigenvalue weighted by molar-refractivity contribution is 8.00. The Morgan fingerprint density at radius 3 is 2.47 bits per heavy atom. The van der Waals surface area contributed by atoms with Crippen molar-refractivity contribution in [3.63, 3.8) is 0 Å². The van der Waals surface area contributed by atoms with Crippen molar-refractivity contribution in [2.24, 2.45) is 0 Å². The maximum absolute atomic E-state index is 12.0.